The smallest absolute Gasteiger partial charge is 0.275 e. The number of carbonyl (C=O) groups excluding carboxylic acids is 1. The van der Waals surface area contributed by atoms with Crippen molar-refractivity contribution in [3.05, 3.63) is 54.2 Å². The summed E-state index contributed by atoms with van der Waals surface area (Å²) in [5.41, 5.74) is 2.20. The summed E-state index contributed by atoms with van der Waals surface area (Å²) >= 11 is 0. The fourth-order valence-corrected chi connectivity index (χ4v) is 3.06. The summed E-state index contributed by atoms with van der Waals surface area (Å²) in [4.78, 5) is 23.2. The molecule has 2 aromatic heterocycles. The number of nitrogens with one attached hydrogen (secondary N) is 1. The van der Waals surface area contributed by atoms with E-state index in [9.17, 15) is 4.79 Å². The summed E-state index contributed by atoms with van der Waals surface area (Å²) in [5.74, 6) is -0.0504. The first-order chi connectivity index (χ1) is 10.8. The van der Waals surface area contributed by atoms with Crippen LogP contribution in [-0.2, 0) is 0 Å². The number of nitrogens with zero attached hydrogens (tertiary/aromatic N) is 4. The molecule has 1 aliphatic rings. The van der Waals surface area contributed by atoms with Crippen LogP contribution in [0, 0.1) is 0 Å². The number of H-pyrrole nitrogens is 1. The first-order valence-electron chi connectivity index (χ1n) is 7.34. The topological polar surface area (TPSA) is 74.8 Å². The van der Waals surface area contributed by atoms with E-state index in [1.807, 2.05) is 29.2 Å². The molecule has 0 bridgehead atoms. The van der Waals surface area contributed by atoms with Crippen molar-refractivity contribution in [3.8, 4) is 0 Å². The van der Waals surface area contributed by atoms with Gasteiger partial charge in [-0.05, 0) is 18.9 Å². The van der Waals surface area contributed by atoms with Gasteiger partial charge in [-0.15, -0.1) is 0 Å². The summed E-state index contributed by atoms with van der Waals surface area (Å²) < 4.78 is 0. The molecule has 6 nitrogen and oxygen atoms in total. The van der Waals surface area contributed by atoms with Gasteiger partial charge in [0, 0.05) is 24.3 Å². The standard InChI is InChI=1S/C16H15N5O/c22-16(15-11-4-1-2-5-12(11)19-20-15)21-9-3-6-14(21)13-10-17-7-8-18-13/h1-2,4-5,7-8,10,14H,3,6,9H2,(H,19,20)/t14-/m0/s1. The minimum absolute atomic E-state index is 0.0170. The maximum absolute atomic E-state index is 12.9. The number of para-hydroxylation sites is 1. The van der Waals surface area contributed by atoms with Crippen LogP contribution in [0.15, 0.2) is 42.9 Å². The first-order valence-corrected chi connectivity index (χ1v) is 7.34. The predicted molar refractivity (Wildman–Crippen MR) is 81.1 cm³/mol. The van der Waals surface area contributed by atoms with Crippen LogP contribution in [0.4, 0.5) is 0 Å². The highest BCUT2D eigenvalue weighted by molar-refractivity contribution is 6.04. The molecule has 0 radical (unpaired) electrons. The molecular weight excluding hydrogens is 278 g/mol. The van der Waals surface area contributed by atoms with E-state index < -0.39 is 0 Å². The lowest BCUT2D eigenvalue weighted by Gasteiger charge is -2.23. The van der Waals surface area contributed by atoms with Crippen molar-refractivity contribution < 1.29 is 4.79 Å². The fraction of sp³-hybridized carbons (Fsp3) is 0.250. The van der Waals surface area contributed by atoms with Gasteiger partial charge in [-0.25, -0.2) is 0 Å². The predicted octanol–water partition coefficient (Wildman–Crippen LogP) is 2.33. The number of aromatic nitrogens is 4. The number of carbonyl (C=O) groups is 1. The van der Waals surface area contributed by atoms with Gasteiger partial charge < -0.3 is 4.90 Å². The minimum Gasteiger partial charge on any atom is -0.329 e. The number of rotatable bonds is 2. The molecule has 3 aromatic rings. The highest BCUT2D eigenvalue weighted by Gasteiger charge is 2.33. The molecule has 4 rings (SSSR count). The highest BCUT2D eigenvalue weighted by atomic mass is 16.2. The van der Waals surface area contributed by atoms with Gasteiger partial charge in [-0.3, -0.25) is 19.9 Å². The number of benzene rings is 1. The van der Waals surface area contributed by atoms with Crippen molar-refractivity contribution in [1.82, 2.24) is 25.1 Å². The van der Waals surface area contributed by atoms with Gasteiger partial charge in [-0.1, -0.05) is 18.2 Å². The number of amides is 1. The van der Waals surface area contributed by atoms with E-state index >= 15 is 0 Å². The molecule has 1 amide bonds. The molecular formula is C16H15N5O. The van der Waals surface area contributed by atoms with Crippen LogP contribution in [-0.4, -0.2) is 37.5 Å². The lowest BCUT2D eigenvalue weighted by molar-refractivity contribution is 0.0728. The van der Waals surface area contributed by atoms with Crippen LogP contribution >= 0.6 is 0 Å². The van der Waals surface area contributed by atoms with E-state index in [2.05, 4.69) is 20.2 Å². The van der Waals surface area contributed by atoms with E-state index in [1.54, 1.807) is 18.6 Å². The third-order valence-corrected chi connectivity index (χ3v) is 4.11. The molecule has 3 heterocycles. The number of hydrogen-bond donors (Lipinski definition) is 1. The summed E-state index contributed by atoms with van der Waals surface area (Å²) in [6.45, 7) is 0.723. The van der Waals surface area contributed by atoms with Gasteiger partial charge in [0.2, 0.25) is 0 Å². The Labute approximate surface area is 127 Å². The second kappa shape index (κ2) is 5.22. The Morgan fingerprint density at radius 1 is 1.27 bits per heavy atom. The molecule has 6 heteroatoms. The van der Waals surface area contributed by atoms with E-state index in [4.69, 9.17) is 0 Å². The lowest BCUT2D eigenvalue weighted by Crippen LogP contribution is -2.31. The molecule has 1 aromatic carbocycles. The first kappa shape index (κ1) is 12.9. The highest BCUT2D eigenvalue weighted by Crippen LogP contribution is 2.32. The molecule has 22 heavy (non-hydrogen) atoms. The molecule has 0 aliphatic carbocycles. The Morgan fingerprint density at radius 3 is 3.05 bits per heavy atom. The average molecular weight is 293 g/mol. The fourth-order valence-electron chi connectivity index (χ4n) is 3.06. The van der Waals surface area contributed by atoms with Crippen molar-refractivity contribution in [2.24, 2.45) is 0 Å². The Hall–Kier alpha value is -2.76. The maximum atomic E-state index is 12.9. The van der Waals surface area contributed by atoms with Gasteiger partial charge in [0.1, 0.15) is 0 Å². The maximum Gasteiger partial charge on any atom is 0.275 e. The third kappa shape index (κ3) is 2.04. The largest absolute Gasteiger partial charge is 0.329 e. The number of hydrogen-bond acceptors (Lipinski definition) is 4. The summed E-state index contributed by atoms with van der Waals surface area (Å²) in [7, 11) is 0. The van der Waals surface area contributed by atoms with Gasteiger partial charge in [0.05, 0.1) is 23.4 Å². The average Bonchev–Trinajstić information content (AvgIpc) is 3.22. The van der Waals surface area contributed by atoms with Crippen LogP contribution in [0.25, 0.3) is 10.9 Å². The molecule has 0 saturated carbocycles. The van der Waals surface area contributed by atoms with E-state index in [-0.39, 0.29) is 11.9 Å². The van der Waals surface area contributed by atoms with Crippen molar-refractivity contribution >= 4 is 16.8 Å². The Balaban J connectivity index is 1.70. The SMILES string of the molecule is O=C(c1n[nH]c2ccccc12)N1CCC[C@H]1c1cnccn1. The van der Waals surface area contributed by atoms with Gasteiger partial charge in [0.25, 0.3) is 5.91 Å². The van der Waals surface area contributed by atoms with Gasteiger partial charge in [0.15, 0.2) is 5.69 Å². The van der Waals surface area contributed by atoms with Crippen LogP contribution in [0.3, 0.4) is 0 Å². The number of fused-ring (bicyclic) bond motifs is 1. The molecule has 1 fully saturated rings. The zero-order chi connectivity index (χ0) is 14.9. The van der Waals surface area contributed by atoms with E-state index in [0.717, 1.165) is 36.0 Å². The lowest BCUT2D eigenvalue weighted by atomic mass is 10.1. The molecule has 1 N–H and O–H groups in total. The monoisotopic (exact) mass is 293 g/mol. The van der Waals surface area contributed by atoms with Crippen LogP contribution in [0.5, 0.6) is 0 Å². The minimum atomic E-state index is -0.0504. The quantitative estimate of drug-likeness (QED) is 0.787. The summed E-state index contributed by atoms with van der Waals surface area (Å²) in [6, 6.07) is 7.66. The van der Waals surface area contributed by atoms with Crippen LogP contribution < -0.4 is 0 Å². The van der Waals surface area contributed by atoms with Gasteiger partial charge >= 0.3 is 0 Å². The number of likely N-dealkylation sites (tertiary alicyclic amines) is 1. The molecule has 0 unspecified atom stereocenters. The van der Waals surface area contributed by atoms with Crippen LogP contribution in [0.1, 0.15) is 35.1 Å². The Kier molecular flexibility index (Phi) is 3.07. The molecule has 1 saturated heterocycles. The van der Waals surface area contributed by atoms with Gasteiger partial charge in [-0.2, -0.15) is 5.10 Å². The second-order valence-corrected chi connectivity index (χ2v) is 5.40. The molecule has 0 spiro atoms. The third-order valence-electron chi connectivity index (χ3n) is 4.11. The van der Waals surface area contributed by atoms with Crippen molar-refractivity contribution in [3.63, 3.8) is 0 Å². The molecule has 1 aliphatic heterocycles. The normalized spacial score (nSPS) is 18.0. The molecule has 110 valence electrons. The molecule has 1 atom stereocenters. The second-order valence-electron chi connectivity index (χ2n) is 5.40. The summed E-state index contributed by atoms with van der Waals surface area (Å²) in [6.07, 6.45) is 6.92. The number of aromatic amines is 1. The summed E-state index contributed by atoms with van der Waals surface area (Å²) in [5, 5.41) is 8.00. The van der Waals surface area contributed by atoms with Crippen molar-refractivity contribution in [1.29, 1.82) is 0 Å². The van der Waals surface area contributed by atoms with Crippen molar-refractivity contribution in [2.45, 2.75) is 18.9 Å². The zero-order valence-electron chi connectivity index (χ0n) is 11.9. The zero-order valence-corrected chi connectivity index (χ0v) is 11.9. The Morgan fingerprint density at radius 2 is 2.18 bits per heavy atom. The van der Waals surface area contributed by atoms with Crippen molar-refractivity contribution in [2.75, 3.05) is 6.54 Å². The van der Waals surface area contributed by atoms with E-state index in [1.165, 1.54) is 0 Å². The Bertz CT molecular complexity index is 814. The van der Waals surface area contributed by atoms with E-state index in [0.29, 0.717) is 5.69 Å². The van der Waals surface area contributed by atoms with Crippen LogP contribution in [0.2, 0.25) is 0 Å².